The maximum Gasteiger partial charge on any atom is 0.237 e. The highest BCUT2D eigenvalue weighted by molar-refractivity contribution is 5.81. The van der Waals surface area contributed by atoms with E-state index in [9.17, 15) is 4.79 Å². The summed E-state index contributed by atoms with van der Waals surface area (Å²) in [6.07, 6.45) is 5.31. The molecule has 0 radical (unpaired) electrons. The van der Waals surface area contributed by atoms with E-state index in [1.165, 1.54) is 12.8 Å². The van der Waals surface area contributed by atoms with Gasteiger partial charge in [0, 0.05) is 12.2 Å². The fourth-order valence-electron chi connectivity index (χ4n) is 1.63. The van der Waals surface area contributed by atoms with Crippen LogP contribution in [0.25, 0.3) is 0 Å². The summed E-state index contributed by atoms with van der Waals surface area (Å²) in [5.41, 5.74) is 0.800. The summed E-state index contributed by atoms with van der Waals surface area (Å²) in [5.74, 6) is 0.0422. The zero-order valence-electron chi connectivity index (χ0n) is 12.7. The number of amides is 1. The maximum atomic E-state index is 12.0. The second-order valence-corrected chi connectivity index (χ2v) is 4.85. The molecule has 0 saturated carbocycles. The Kier molecular flexibility index (Phi) is 9.90. The highest BCUT2D eigenvalue weighted by Crippen LogP contribution is 2.01. The zero-order valence-corrected chi connectivity index (χ0v) is 12.7. The predicted octanol–water partition coefficient (Wildman–Crippen LogP) is 1.90. The molecule has 1 unspecified atom stereocenters. The second kappa shape index (κ2) is 10.6. The van der Waals surface area contributed by atoms with Crippen LogP contribution in [-0.4, -0.2) is 43.5 Å². The van der Waals surface area contributed by atoms with Gasteiger partial charge in [-0.25, -0.2) is 0 Å². The van der Waals surface area contributed by atoms with Crippen LogP contribution in [-0.2, 0) is 4.79 Å². The molecule has 4 heteroatoms. The van der Waals surface area contributed by atoms with Crippen LogP contribution < -0.4 is 10.6 Å². The highest BCUT2D eigenvalue weighted by Gasteiger charge is 2.16. The summed E-state index contributed by atoms with van der Waals surface area (Å²) >= 11 is 0. The largest absolute Gasteiger partial charge is 0.384 e. The quantitative estimate of drug-likeness (QED) is 0.444. The van der Waals surface area contributed by atoms with Crippen molar-refractivity contribution in [3.8, 4) is 0 Å². The molecule has 0 aliphatic rings. The summed E-state index contributed by atoms with van der Waals surface area (Å²) in [6.45, 7) is 13.7. The Hall–Kier alpha value is -1.29. The van der Waals surface area contributed by atoms with Crippen LogP contribution in [0.4, 0.5) is 0 Å². The fourth-order valence-corrected chi connectivity index (χ4v) is 1.63. The molecule has 4 nitrogen and oxygen atoms in total. The van der Waals surface area contributed by atoms with Gasteiger partial charge >= 0.3 is 0 Å². The first kappa shape index (κ1) is 17.7. The molecule has 0 heterocycles. The molecule has 0 spiro atoms. The Morgan fingerprint density at radius 2 is 2.05 bits per heavy atom. The Morgan fingerprint density at radius 3 is 2.63 bits per heavy atom. The van der Waals surface area contributed by atoms with Crippen molar-refractivity contribution in [1.82, 2.24) is 15.5 Å². The number of rotatable bonds is 11. The fraction of sp³-hybridized carbons (Fsp3) is 0.667. The molecule has 0 saturated heterocycles. The van der Waals surface area contributed by atoms with Gasteiger partial charge in [-0.05, 0) is 26.9 Å². The van der Waals surface area contributed by atoms with Crippen molar-refractivity contribution >= 4 is 5.91 Å². The molecule has 110 valence electrons. The van der Waals surface area contributed by atoms with Crippen molar-refractivity contribution in [1.29, 1.82) is 0 Å². The lowest BCUT2D eigenvalue weighted by Gasteiger charge is -2.24. The topological polar surface area (TPSA) is 44.4 Å². The van der Waals surface area contributed by atoms with Crippen molar-refractivity contribution in [2.45, 2.75) is 39.2 Å². The van der Waals surface area contributed by atoms with Gasteiger partial charge < -0.3 is 10.6 Å². The molecule has 0 aromatic rings. The average molecular weight is 267 g/mol. The Labute approximate surface area is 117 Å². The van der Waals surface area contributed by atoms with Gasteiger partial charge in [-0.2, -0.15) is 0 Å². The van der Waals surface area contributed by atoms with Crippen LogP contribution >= 0.6 is 0 Å². The Morgan fingerprint density at radius 1 is 1.37 bits per heavy atom. The van der Waals surface area contributed by atoms with E-state index in [0.29, 0.717) is 13.1 Å². The summed E-state index contributed by atoms with van der Waals surface area (Å²) in [4.78, 5) is 14.0. The van der Waals surface area contributed by atoms with Gasteiger partial charge in [0.25, 0.3) is 0 Å². The molecular weight excluding hydrogens is 238 g/mol. The van der Waals surface area contributed by atoms with E-state index in [-0.39, 0.29) is 11.9 Å². The van der Waals surface area contributed by atoms with Gasteiger partial charge in [-0.15, -0.1) is 6.58 Å². The molecule has 1 amide bonds. The van der Waals surface area contributed by atoms with Crippen LogP contribution in [0.3, 0.4) is 0 Å². The smallest absolute Gasteiger partial charge is 0.237 e. The molecule has 19 heavy (non-hydrogen) atoms. The van der Waals surface area contributed by atoms with Crippen LogP contribution in [0.5, 0.6) is 0 Å². The van der Waals surface area contributed by atoms with Crippen molar-refractivity contribution in [2.24, 2.45) is 0 Å². The van der Waals surface area contributed by atoms with E-state index in [2.05, 4.69) is 35.6 Å². The lowest BCUT2D eigenvalue weighted by atomic mass is 10.2. The van der Waals surface area contributed by atoms with Gasteiger partial charge in [0.05, 0.1) is 12.6 Å². The van der Waals surface area contributed by atoms with E-state index >= 15 is 0 Å². The number of nitrogens with one attached hydrogen (secondary N) is 2. The van der Waals surface area contributed by atoms with Crippen molar-refractivity contribution in [2.75, 3.05) is 26.7 Å². The van der Waals surface area contributed by atoms with E-state index in [1.807, 2.05) is 14.0 Å². The molecule has 0 aromatic heterocycles. The van der Waals surface area contributed by atoms with Crippen LogP contribution in [0.1, 0.15) is 33.1 Å². The normalized spacial score (nSPS) is 12.0. The minimum Gasteiger partial charge on any atom is -0.384 e. The van der Waals surface area contributed by atoms with Crippen LogP contribution in [0.15, 0.2) is 24.9 Å². The summed E-state index contributed by atoms with van der Waals surface area (Å²) in [7, 11) is 1.99. The van der Waals surface area contributed by atoms with Gasteiger partial charge in [0.15, 0.2) is 0 Å². The third-order valence-corrected chi connectivity index (χ3v) is 3.13. The minimum absolute atomic E-state index is 0.0422. The van der Waals surface area contributed by atoms with Gasteiger partial charge in [0.2, 0.25) is 5.91 Å². The Bertz CT molecular complexity index is 289. The first-order valence-electron chi connectivity index (χ1n) is 7.03. The Balaban J connectivity index is 3.91. The molecule has 0 aromatic carbocycles. The molecule has 0 aliphatic heterocycles. The molecule has 1 atom stereocenters. The number of nitrogens with zero attached hydrogens (tertiary/aromatic N) is 1. The minimum atomic E-state index is -0.107. The van der Waals surface area contributed by atoms with E-state index in [1.54, 1.807) is 6.08 Å². The summed E-state index contributed by atoms with van der Waals surface area (Å²) in [5, 5.41) is 5.94. The lowest BCUT2D eigenvalue weighted by Crippen LogP contribution is -2.44. The number of likely N-dealkylation sites (N-methyl/N-ethyl adjacent to an activating group) is 1. The van der Waals surface area contributed by atoms with Crippen LogP contribution in [0.2, 0.25) is 0 Å². The van der Waals surface area contributed by atoms with Crippen molar-refractivity contribution in [3.05, 3.63) is 24.9 Å². The molecule has 2 N–H and O–H groups in total. The SMILES string of the molecule is C=CCNC(=C)CNC(=O)C(C)N(C)CCCCC. The molecule has 0 rings (SSSR count). The zero-order chi connectivity index (χ0) is 14.7. The van der Waals surface area contributed by atoms with Gasteiger partial charge in [0.1, 0.15) is 0 Å². The summed E-state index contributed by atoms with van der Waals surface area (Å²) in [6, 6.07) is -0.107. The third kappa shape index (κ3) is 8.43. The first-order valence-corrected chi connectivity index (χ1v) is 7.03. The molecule has 0 fully saturated rings. The number of unbranched alkanes of at least 4 members (excludes halogenated alkanes) is 2. The van der Waals surface area contributed by atoms with Crippen LogP contribution in [0, 0.1) is 0 Å². The molecule has 0 aliphatic carbocycles. The molecular formula is C15H29N3O. The monoisotopic (exact) mass is 267 g/mol. The second-order valence-electron chi connectivity index (χ2n) is 4.85. The first-order chi connectivity index (χ1) is 9.02. The van der Waals surface area contributed by atoms with Gasteiger partial charge in [-0.1, -0.05) is 32.4 Å². The van der Waals surface area contributed by atoms with Crippen molar-refractivity contribution in [3.63, 3.8) is 0 Å². The predicted molar refractivity (Wildman–Crippen MR) is 82.0 cm³/mol. The molecule has 0 bridgehead atoms. The lowest BCUT2D eigenvalue weighted by molar-refractivity contribution is -0.125. The van der Waals surface area contributed by atoms with E-state index < -0.39 is 0 Å². The van der Waals surface area contributed by atoms with Gasteiger partial charge in [-0.3, -0.25) is 9.69 Å². The third-order valence-electron chi connectivity index (χ3n) is 3.13. The highest BCUT2D eigenvalue weighted by atomic mass is 16.2. The maximum absolute atomic E-state index is 12.0. The van der Waals surface area contributed by atoms with Crippen molar-refractivity contribution < 1.29 is 4.79 Å². The summed E-state index contributed by atoms with van der Waals surface area (Å²) < 4.78 is 0. The van der Waals surface area contributed by atoms with E-state index in [4.69, 9.17) is 0 Å². The average Bonchev–Trinajstić information content (AvgIpc) is 2.41. The number of carbonyl (C=O) groups excluding carboxylic acids is 1. The number of hydrogen-bond donors (Lipinski definition) is 2. The number of carbonyl (C=O) groups is 1. The standard InChI is InChI=1S/C15H29N3O/c1-6-8-9-11-18(5)14(4)15(19)17-12-13(3)16-10-7-2/h7,14,16H,2-3,6,8-12H2,1,4-5H3,(H,17,19). The number of hydrogen-bond acceptors (Lipinski definition) is 3. The van der Waals surface area contributed by atoms with E-state index in [0.717, 1.165) is 18.7 Å².